The highest BCUT2D eigenvalue weighted by Crippen LogP contribution is 2.26. The summed E-state index contributed by atoms with van der Waals surface area (Å²) < 4.78 is 5.02. The van der Waals surface area contributed by atoms with E-state index in [9.17, 15) is 4.79 Å². The summed E-state index contributed by atoms with van der Waals surface area (Å²) in [5.41, 5.74) is 0.400. The largest absolute Gasteiger partial charge is 0.450 e. The van der Waals surface area contributed by atoms with Crippen molar-refractivity contribution in [2.24, 2.45) is 0 Å². The van der Waals surface area contributed by atoms with Gasteiger partial charge in [-0.3, -0.25) is 0 Å². The summed E-state index contributed by atoms with van der Waals surface area (Å²) in [6.07, 6.45) is 0.404. The summed E-state index contributed by atoms with van der Waals surface area (Å²) in [5.74, 6) is 0. The molecular weight excluding hydrogens is 284 g/mol. The Labute approximate surface area is 128 Å². The minimum absolute atomic E-state index is 0.243. The molecule has 3 rings (SSSR count). The Bertz CT molecular complexity index is 811. The first-order valence-electron chi connectivity index (χ1n) is 6.90. The number of hydrogen-bond acceptors (Lipinski definition) is 2. The monoisotopic (exact) mass is 298 g/mol. The number of hydrogen-bond donors (Lipinski definition) is 0. The molecule has 0 heterocycles. The van der Waals surface area contributed by atoms with E-state index in [1.165, 1.54) is 21.5 Å². The first-order chi connectivity index (χ1) is 10.1. The molecule has 21 heavy (non-hydrogen) atoms. The predicted octanol–water partition coefficient (Wildman–Crippen LogP) is 5.30. The van der Waals surface area contributed by atoms with E-state index in [4.69, 9.17) is 16.3 Å². The molecule has 0 aliphatic carbocycles. The Morgan fingerprint density at radius 3 is 2.43 bits per heavy atom. The lowest BCUT2D eigenvalue weighted by Gasteiger charge is -2.13. The minimum atomic E-state index is -0.756. The quantitative estimate of drug-likeness (QED) is 0.484. The van der Waals surface area contributed by atoms with Crippen molar-refractivity contribution in [2.45, 2.75) is 19.4 Å². The Morgan fingerprint density at radius 2 is 1.71 bits per heavy atom. The summed E-state index contributed by atoms with van der Waals surface area (Å²) in [6, 6.07) is 18.9. The van der Waals surface area contributed by atoms with Crippen LogP contribution in [0.3, 0.4) is 0 Å². The van der Waals surface area contributed by atoms with Crippen LogP contribution in [0.1, 0.15) is 12.5 Å². The third-order valence-electron chi connectivity index (χ3n) is 3.64. The molecule has 2 nitrogen and oxygen atoms in total. The molecule has 0 fully saturated rings. The van der Waals surface area contributed by atoms with Gasteiger partial charge in [-0.15, -0.1) is 0 Å². The van der Waals surface area contributed by atoms with Gasteiger partial charge in [-0.05, 0) is 46.2 Å². The van der Waals surface area contributed by atoms with E-state index in [0.717, 1.165) is 5.56 Å². The van der Waals surface area contributed by atoms with Gasteiger partial charge in [0, 0.05) is 18.0 Å². The lowest BCUT2D eigenvalue weighted by atomic mass is 9.97. The van der Waals surface area contributed by atoms with Crippen molar-refractivity contribution >= 4 is 38.6 Å². The van der Waals surface area contributed by atoms with Gasteiger partial charge in [0.15, 0.2) is 0 Å². The number of benzene rings is 3. The summed E-state index contributed by atoms with van der Waals surface area (Å²) in [6.45, 7) is 1.85. The number of fused-ring (bicyclic) bond motifs is 2. The smallest absolute Gasteiger partial charge is 0.404 e. The second kappa shape index (κ2) is 5.74. The van der Waals surface area contributed by atoms with Crippen LogP contribution >= 0.6 is 11.6 Å². The van der Waals surface area contributed by atoms with Crippen LogP contribution in [0.4, 0.5) is 4.79 Å². The Hall–Kier alpha value is -2.06. The average molecular weight is 299 g/mol. The molecule has 3 aromatic rings. The maximum Gasteiger partial charge on any atom is 0.404 e. The number of rotatable bonds is 3. The third kappa shape index (κ3) is 3.01. The average Bonchev–Trinajstić information content (AvgIpc) is 2.45. The van der Waals surface area contributed by atoms with Crippen LogP contribution in [0.2, 0.25) is 0 Å². The molecular formula is C18H15ClO2. The number of halogens is 1. The molecule has 0 N–H and O–H groups in total. The van der Waals surface area contributed by atoms with E-state index in [1.807, 2.05) is 25.1 Å². The highest BCUT2D eigenvalue weighted by Gasteiger charge is 2.10. The van der Waals surface area contributed by atoms with E-state index < -0.39 is 5.43 Å². The standard InChI is InChI=1S/C18H15ClO2/c1-12(21-18(19)20)9-15-7-4-8-16-10-13-5-2-3-6-14(13)11-17(15)16/h2-8,10-12H,9H2,1H3. The van der Waals surface area contributed by atoms with Gasteiger partial charge < -0.3 is 4.74 Å². The van der Waals surface area contributed by atoms with E-state index in [0.29, 0.717) is 6.42 Å². The van der Waals surface area contributed by atoms with Gasteiger partial charge >= 0.3 is 5.43 Å². The zero-order valence-electron chi connectivity index (χ0n) is 11.7. The van der Waals surface area contributed by atoms with Crippen molar-refractivity contribution in [2.75, 3.05) is 0 Å². The van der Waals surface area contributed by atoms with Crippen LogP contribution in [0.25, 0.3) is 21.5 Å². The van der Waals surface area contributed by atoms with Gasteiger partial charge in [0.25, 0.3) is 0 Å². The highest BCUT2D eigenvalue weighted by atomic mass is 35.5. The molecule has 3 heteroatoms. The molecule has 0 aliphatic rings. The maximum absolute atomic E-state index is 10.8. The van der Waals surface area contributed by atoms with Gasteiger partial charge in [-0.1, -0.05) is 42.5 Å². The molecule has 1 atom stereocenters. The molecule has 0 aromatic heterocycles. The first kappa shape index (κ1) is 13.9. The molecule has 0 spiro atoms. The van der Waals surface area contributed by atoms with Crippen molar-refractivity contribution in [3.63, 3.8) is 0 Å². The van der Waals surface area contributed by atoms with Crippen LogP contribution in [0.15, 0.2) is 54.6 Å². The topological polar surface area (TPSA) is 26.3 Å². The van der Waals surface area contributed by atoms with Crippen LogP contribution < -0.4 is 0 Å². The molecule has 0 aliphatic heterocycles. The Kier molecular flexibility index (Phi) is 3.80. The van der Waals surface area contributed by atoms with Crippen LogP contribution in [0, 0.1) is 0 Å². The lowest BCUT2D eigenvalue weighted by molar-refractivity contribution is 0.132. The van der Waals surface area contributed by atoms with Gasteiger partial charge in [-0.25, -0.2) is 4.79 Å². The van der Waals surface area contributed by atoms with Crippen molar-refractivity contribution in [3.8, 4) is 0 Å². The molecule has 0 saturated heterocycles. The summed E-state index contributed by atoms with van der Waals surface area (Å²) in [4.78, 5) is 10.8. The fraction of sp³-hybridized carbons (Fsp3) is 0.167. The molecule has 3 aromatic carbocycles. The molecule has 106 valence electrons. The van der Waals surface area contributed by atoms with Crippen LogP contribution in [-0.4, -0.2) is 11.5 Å². The fourth-order valence-electron chi connectivity index (χ4n) is 2.72. The van der Waals surface area contributed by atoms with Crippen LogP contribution in [0.5, 0.6) is 0 Å². The van der Waals surface area contributed by atoms with Crippen molar-refractivity contribution < 1.29 is 9.53 Å². The Morgan fingerprint density at radius 1 is 1.05 bits per heavy atom. The number of carbonyl (C=O) groups excluding carboxylic acids is 1. The number of ether oxygens (including phenoxy) is 1. The van der Waals surface area contributed by atoms with E-state index in [1.54, 1.807) is 0 Å². The van der Waals surface area contributed by atoms with Crippen molar-refractivity contribution in [3.05, 3.63) is 60.2 Å². The zero-order chi connectivity index (χ0) is 14.8. The molecule has 0 radical (unpaired) electrons. The van der Waals surface area contributed by atoms with Crippen molar-refractivity contribution in [1.29, 1.82) is 0 Å². The first-order valence-corrected chi connectivity index (χ1v) is 7.28. The molecule has 0 amide bonds. The SMILES string of the molecule is CC(Cc1cccc2cc3ccccc3cc12)OC(=O)Cl. The molecule has 0 saturated carbocycles. The second-order valence-electron chi connectivity index (χ2n) is 5.21. The Balaban J connectivity index is 2.06. The minimum Gasteiger partial charge on any atom is -0.450 e. The fourth-order valence-corrected chi connectivity index (χ4v) is 2.87. The summed E-state index contributed by atoms with van der Waals surface area (Å²) >= 11 is 5.27. The molecule has 0 bridgehead atoms. The maximum atomic E-state index is 10.8. The predicted molar refractivity (Wildman–Crippen MR) is 87.0 cm³/mol. The van der Waals surface area contributed by atoms with E-state index in [2.05, 4.69) is 36.4 Å². The van der Waals surface area contributed by atoms with Gasteiger partial charge in [0.05, 0.1) is 0 Å². The highest BCUT2D eigenvalue weighted by molar-refractivity contribution is 6.61. The number of carbonyl (C=O) groups is 1. The second-order valence-corrected chi connectivity index (χ2v) is 5.52. The zero-order valence-corrected chi connectivity index (χ0v) is 12.4. The third-order valence-corrected chi connectivity index (χ3v) is 3.73. The van der Waals surface area contributed by atoms with E-state index >= 15 is 0 Å². The van der Waals surface area contributed by atoms with Gasteiger partial charge in [0.2, 0.25) is 0 Å². The van der Waals surface area contributed by atoms with Crippen molar-refractivity contribution in [1.82, 2.24) is 0 Å². The van der Waals surface area contributed by atoms with Gasteiger partial charge in [-0.2, -0.15) is 0 Å². The van der Waals surface area contributed by atoms with Crippen LogP contribution in [-0.2, 0) is 11.2 Å². The lowest BCUT2D eigenvalue weighted by Crippen LogP contribution is -2.13. The summed E-state index contributed by atoms with van der Waals surface area (Å²) in [7, 11) is 0. The summed E-state index contributed by atoms with van der Waals surface area (Å²) in [5, 5.41) is 4.81. The molecule has 1 unspecified atom stereocenters. The van der Waals surface area contributed by atoms with E-state index in [-0.39, 0.29) is 6.10 Å². The normalized spacial score (nSPS) is 12.5. The van der Waals surface area contributed by atoms with Gasteiger partial charge in [0.1, 0.15) is 6.10 Å².